The zero-order chi connectivity index (χ0) is 51.7. The Balaban J connectivity index is 0.00000672. The summed E-state index contributed by atoms with van der Waals surface area (Å²) >= 11 is 0. The normalized spacial score (nSPS) is 13.6. The average Bonchev–Trinajstić information content (AvgIpc) is 3.97. The predicted molar refractivity (Wildman–Crippen MR) is 306 cm³/mol. The molecule has 0 fully saturated rings. The van der Waals surface area contributed by atoms with Crippen molar-refractivity contribution in [2.45, 2.75) is 112 Å². The SMILES string of the molecule is CC(C)(C)C1=CN(c2cc(C(C)(C)C)cc(C(C)(C)C)c2)[CH-]N1c1[c-]c(Oc2[c-]c3c(cc2)c2cc(-c4ccccc4)ccc2n3-c2cc(C(C)(C)c3ccccc3)ccn2)cc(C(C)(C)c2ccccc2)c1.[Pt]. The van der Waals surface area contributed by atoms with E-state index in [1.165, 1.54) is 33.4 Å². The number of pyridine rings is 1. The molecule has 380 valence electrons. The van der Waals surface area contributed by atoms with Gasteiger partial charge in [-0.3, -0.25) is 0 Å². The van der Waals surface area contributed by atoms with Gasteiger partial charge in [-0.05, 0) is 97.1 Å². The van der Waals surface area contributed by atoms with Crippen LogP contribution in [0.4, 0.5) is 11.4 Å². The van der Waals surface area contributed by atoms with Crippen molar-refractivity contribution in [3.05, 3.63) is 234 Å². The summed E-state index contributed by atoms with van der Waals surface area (Å²) < 4.78 is 9.34. The molecule has 0 bridgehead atoms. The second-order valence-electron chi connectivity index (χ2n) is 24.0. The van der Waals surface area contributed by atoms with Gasteiger partial charge in [0.05, 0.1) is 0 Å². The van der Waals surface area contributed by atoms with Crippen LogP contribution in [0.25, 0.3) is 38.8 Å². The zero-order valence-corrected chi connectivity index (χ0v) is 47.6. The number of anilines is 2. The van der Waals surface area contributed by atoms with Crippen molar-refractivity contribution in [3.8, 4) is 28.4 Å². The molecule has 0 radical (unpaired) electrons. The first kappa shape index (κ1) is 52.2. The number of ether oxygens (including phenoxy) is 1. The molecule has 0 saturated heterocycles. The van der Waals surface area contributed by atoms with E-state index in [0.717, 1.165) is 55.8 Å². The van der Waals surface area contributed by atoms with Gasteiger partial charge in [0.15, 0.2) is 0 Å². The molecule has 0 atom stereocenters. The maximum atomic E-state index is 7.09. The Morgan fingerprint density at radius 3 is 1.66 bits per heavy atom. The summed E-state index contributed by atoms with van der Waals surface area (Å²) in [5, 5.41) is 2.18. The van der Waals surface area contributed by atoms with Crippen LogP contribution in [0, 0.1) is 24.2 Å². The van der Waals surface area contributed by atoms with Crippen molar-refractivity contribution in [3.63, 3.8) is 0 Å². The quantitative estimate of drug-likeness (QED) is 0.128. The Labute approximate surface area is 455 Å². The Morgan fingerprint density at radius 2 is 1.07 bits per heavy atom. The molecule has 9 aromatic rings. The van der Waals surface area contributed by atoms with Crippen LogP contribution in [0.2, 0.25) is 0 Å². The molecule has 1 aliphatic rings. The summed E-state index contributed by atoms with van der Waals surface area (Å²) in [7, 11) is 0. The van der Waals surface area contributed by atoms with E-state index in [0.29, 0.717) is 11.5 Å². The third-order valence-corrected chi connectivity index (χ3v) is 15.0. The third kappa shape index (κ3) is 10.1. The fourth-order valence-corrected chi connectivity index (χ4v) is 10.1. The second-order valence-corrected chi connectivity index (χ2v) is 24.0. The van der Waals surface area contributed by atoms with Gasteiger partial charge in [-0.1, -0.05) is 205 Å². The number of aromatic nitrogens is 2. The maximum absolute atomic E-state index is 7.09. The first-order valence-corrected chi connectivity index (χ1v) is 25.8. The molecule has 2 aromatic heterocycles. The summed E-state index contributed by atoms with van der Waals surface area (Å²) in [4.78, 5) is 9.67. The van der Waals surface area contributed by atoms with Crippen molar-refractivity contribution >= 4 is 33.2 Å². The molecule has 1 aliphatic heterocycles. The van der Waals surface area contributed by atoms with Gasteiger partial charge in [-0.2, -0.15) is 6.07 Å². The van der Waals surface area contributed by atoms with E-state index >= 15 is 0 Å². The first-order chi connectivity index (χ1) is 34.6. The molecule has 10 rings (SSSR count). The standard InChI is InChI=1S/C68H69N4O.Pt/c1-64(2,3)51-36-52(65(4,5)6)38-54(37-51)70-44-62(66(7,8)9)71(45-70)55-39-53(68(12,13)49-27-21-16-22-28-49)40-57(42-55)73-56-30-31-58-59-35-47(46-23-17-14-18-24-46)29-32-60(59)72(61(58)43-56)63-41-50(33-34-69-63)67(10,11)48-25-19-15-20-26-48;/h14-41,44-45H,1-13H3;/q-3;. The van der Waals surface area contributed by atoms with E-state index in [1.807, 2.05) is 12.3 Å². The number of hydrogen-bond acceptors (Lipinski definition) is 4. The number of rotatable bonds is 10. The van der Waals surface area contributed by atoms with Crippen molar-refractivity contribution in [1.82, 2.24) is 9.55 Å². The van der Waals surface area contributed by atoms with Crippen LogP contribution < -0.4 is 14.5 Å². The molecule has 6 heteroatoms. The van der Waals surface area contributed by atoms with Crippen LogP contribution in [-0.4, -0.2) is 9.55 Å². The average molecular weight is 1150 g/mol. The third-order valence-electron chi connectivity index (χ3n) is 15.0. The molecule has 0 unspecified atom stereocenters. The molecule has 0 saturated carbocycles. The van der Waals surface area contributed by atoms with Gasteiger partial charge in [-0.25, -0.2) is 4.98 Å². The van der Waals surface area contributed by atoms with Crippen molar-refractivity contribution in [2.75, 3.05) is 9.80 Å². The van der Waals surface area contributed by atoms with E-state index in [4.69, 9.17) is 9.72 Å². The molecule has 5 nitrogen and oxygen atoms in total. The van der Waals surface area contributed by atoms with E-state index in [9.17, 15) is 0 Å². The van der Waals surface area contributed by atoms with E-state index in [-0.39, 0.29) is 48.1 Å². The second kappa shape index (κ2) is 19.5. The van der Waals surface area contributed by atoms with Crippen LogP contribution in [0.15, 0.2) is 182 Å². The molecule has 3 heterocycles. The molecule has 0 aliphatic carbocycles. The molecular formula is C68H69N4OPt-3. The molecule has 0 amide bonds. The Hall–Kier alpha value is -6.68. The van der Waals surface area contributed by atoms with Crippen LogP contribution in [0.5, 0.6) is 11.5 Å². The minimum Gasteiger partial charge on any atom is -0.509 e. The van der Waals surface area contributed by atoms with Gasteiger partial charge < -0.3 is 19.1 Å². The zero-order valence-electron chi connectivity index (χ0n) is 45.3. The fraction of sp³-hybridized carbons (Fsp3) is 0.265. The number of nitrogens with zero attached hydrogens (tertiary/aromatic N) is 4. The minimum absolute atomic E-state index is 0. The largest absolute Gasteiger partial charge is 0.509 e. The monoisotopic (exact) mass is 1150 g/mol. The van der Waals surface area contributed by atoms with Gasteiger partial charge in [0.1, 0.15) is 5.82 Å². The van der Waals surface area contributed by atoms with Gasteiger partial charge in [0.25, 0.3) is 0 Å². The Bertz CT molecular complexity index is 3480. The topological polar surface area (TPSA) is 33.5 Å². The Kier molecular flexibility index (Phi) is 13.8. The Morgan fingerprint density at radius 1 is 0.473 bits per heavy atom. The molecule has 0 N–H and O–H groups in total. The number of fused-ring (bicyclic) bond motifs is 3. The summed E-state index contributed by atoms with van der Waals surface area (Å²) in [6.07, 6.45) is 4.23. The van der Waals surface area contributed by atoms with Gasteiger partial charge in [0, 0.05) is 66.5 Å². The van der Waals surface area contributed by atoms with Crippen molar-refractivity contribution < 1.29 is 25.8 Å². The minimum atomic E-state index is -0.377. The predicted octanol–water partition coefficient (Wildman–Crippen LogP) is 17.8. The van der Waals surface area contributed by atoms with Crippen LogP contribution >= 0.6 is 0 Å². The van der Waals surface area contributed by atoms with Gasteiger partial charge >= 0.3 is 0 Å². The first-order valence-electron chi connectivity index (χ1n) is 25.8. The number of hydrogen-bond donors (Lipinski definition) is 0. The van der Waals surface area contributed by atoms with Crippen molar-refractivity contribution in [1.29, 1.82) is 0 Å². The van der Waals surface area contributed by atoms with E-state index in [2.05, 4.69) is 287 Å². The smallest absolute Gasteiger partial charge is 0.135 e. The summed E-state index contributed by atoms with van der Waals surface area (Å²) in [5.74, 6) is 2.02. The van der Waals surface area contributed by atoms with Crippen LogP contribution in [-0.2, 0) is 42.7 Å². The molecule has 74 heavy (non-hydrogen) atoms. The van der Waals surface area contributed by atoms with Crippen LogP contribution in [0.3, 0.4) is 0 Å². The molecule has 7 aromatic carbocycles. The van der Waals surface area contributed by atoms with E-state index in [1.54, 1.807) is 0 Å². The maximum Gasteiger partial charge on any atom is 0.135 e. The molecule has 0 spiro atoms. The van der Waals surface area contributed by atoms with Gasteiger partial charge in [-0.15, -0.1) is 53.6 Å². The number of allylic oxidation sites excluding steroid dienone is 1. The van der Waals surface area contributed by atoms with Crippen molar-refractivity contribution in [2.24, 2.45) is 5.41 Å². The number of benzene rings is 7. The summed E-state index contributed by atoms with van der Waals surface area (Å²) in [6, 6.07) is 66.4. The van der Waals surface area contributed by atoms with Gasteiger partial charge in [0.2, 0.25) is 0 Å². The van der Waals surface area contributed by atoms with Crippen LogP contribution in [0.1, 0.15) is 123 Å². The van der Waals surface area contributed by atoms with E-state index < -0.39 is 0 Å². The summed E-state index contributed by atoms with van der Waals surface area (Å²) in [6.45, 7) is 32.0. The fourth-order valence-electron chi connectivity index (χ4n) is 10.1. The molecular weight excluding hydrogens is 1080 g/mol. The summed E-state index contributed by atoms with van der Waals surface area (Å²) in [5.41, 5.74) is 13.9.